The number of anilines is 1. The number of aromatic nitrogens is 1. The molecule has 1 saturated heterocycles. The van der Waals surface area contributed by atoms with Gasteiger partial charge >= 0.3 is 0 Å². The molecule has 0 unspecified atom stereocenters. The SMILES string of the molecule is Cc1ccc(N(C)CCN2CCN(C(=O)c3cc4ccccc4[nH]3)CC2)cc1. The number of likely N-dealkylation sites (N-methyl/N-ethyl adjacent to an activating group) is 1. The average molecular weight is 377 g/mol. The monoisotopic (exact) mass is 376 g/mol. The molecule has 3 aromatic rings. The van der Waals surface area contributed by atoms with E-state index < -0.39 is 0 Å². The number of benzene rings is 2. The van der Waals surface area contributed by atoms with Gasteiger partial charge in [-0.25, -0.2) is 0 Å². The van der Waals surface area contributed by atoms with Crippen molar-refractivity contribution in [2.45, 2.75) is 6.92 Å². The number of aryl methyl sites for hydroxylation is 1. The molecule has 0 radical (unpaired) electrons. The second-order valence-corrected chi connectivity index (χ2v) is 7.66. The standard InChI is InChI=1S/C23H28N4O/c1-18-7-9-20(10-8-18)25(2)11-12-26-13-15-27(16-14-26)23(28)22-17-19-5-3-4-6-21(19)24-22/h3-10,17,24H,11-16H2,1-2H3. The molecule has 0 spiro atoms. The number of hydrogen-bond donors (Lipinski definition) is 1. The molecular weight excluding hydrogens is 348 g/mol. The predicted octanol–water partition coefficient (Wildman–Crippen LogP) is 3.37. The van der Waals surface area contributed by atoms with E-state index in [2.05, 4.69) is 53.0 Å². The normalized spacial score (nSPS) is 15.1. The Bertz CT molecular complexity index is 906. The first-order valence-corrected chi connectivity index (χ1v) is 9.97. The highest BCUT2D eigenvalue weighted by molar-refractivity contribution is 5.98. The predicted molar refractivity (Wildman–Crippen MR) is 115 cm³/mol. The Labute approximate surface area is 166 Å². The molecule has 1 aromatic heterocycles. The Morgan fingerprint density at radius 1 is 1.04 bits per heavy atom. The van der Waals surface area contributed by atoms with Gasteiger partial charge in [-0.05, 0) is 31.2 Å². The van der Waals surface area contributed by atoms with Crippen molar-refractivity contribution in [2.75, 3.05) is 51.2 Å². The number of para-hydroxylation sites is 1. The van der Waals surface area contributed by atoms with Crippen LogP contribution in [0.3, 0.4) is 0 Å². The molecule has 0 bridgehead atoms. The van der Waals surface area contributed by atoms with Crippen LogP contribution >= 0.6 is 0 Å². The van der Waals surface area contributed by atoms with Crippen molar-refractivity contribution in [3.05, 3.63) is 65.9 Å². The fourth-order valence-electron chi connectivity index (χ4n) is 3.75. The molecular formula is C23H28N4O. The number of hydrogen-bond acceptors (Lipinski definition) is 3. The number of nitrogens with zero attached hydrogens (tertiary/aromatic N) is 3. The topological polar surface area (TPSA) is 42.6 Å². The molecule has 2 heterocycles. The fraction of sp³-hybridized carbons (Fsp3) is 0.348. The van der Waals surface area contributed by atoms with Crippen LogP contribution in [0, 0.1) is 6.92 Å². The van der Waals surface area contributed by atoms with Gasteiger partial charge in [-0.1, -0.05) is 35.9 Å². The van der Waals surface area contributed by atoms with E-state index >= 15 is 0 Å². The smallest absolute Gasteiger partial charge is 0.270 e. The van der Waals surface area contributed by atoms with Gasteiger partial charge in [-0.15, -0.1) is 0 Å². The molecule has 1 aliphatic rings. The summed E-state index contributed by atoms with van der Waals surface area (Å²) >= 11 is 0. The minimum atomic E-state index is 0.104. The summed E-state index contributed by atoms with van der Waals surface area (Å²) in [6, 6.07) is 18.6. The molecule has 0 aliphatic carbocycles. The Morgan fingerprint density at radius 3 is 2.46 bits per heavy atom. The first-order chi connectivity index (χ1) is 13.6. The Balaban J connectivity index is 1.28. The maximum atomic E-state index is 12.8. The number of H-pyrrole nitrogens is 1. The minimum absolute atomic E-state index is 0.104. The van der Waals surface area contributed by atoms with Gasteiger partial charge < -0.3 is 14.8 Å². The summed E-state index contributed by atoms with van der Waals surface area (Å²) < 4.78 is 0. The van der Waals surface area contributed by atoms with Crippen molar-refractivity contribution in [3.63, 3.8) is 0 Å². The highest BCUT2D eigenvalue weighted by Gasteiger charge is 2.23. The van der Waals surface area contributed by atoms with Gasteiger partial charge in [0, 0.05) is 62.9 Å². The van der Waals surface area contributed by atoms with Gasteiger partial charge in [0.25, 0.3) is 5.91 Å². The molecule has 5 nitrogen and oxygen atoms in total. The maximum absolute atomic E-state index is 12.8. The Morgan fingerprint density at radius 2 is 1.75 bits per heavy atom. The fourth-order valence-corrected chi connectivity index (χ4v) is 3.75. The summed E-state index contributed by atoms with van der Waals surface area (Å²) in [6.07, 6.45) is 0. The summed E-state index contributed by atoms with van der Waals surface area (Å²) in [5, 5.41) is 1.09. The Hall–Kier alpha value is -2.79. The van der Waals surface area contributed by atoms with E-state index in [1.165, 1.54) is 11.3 Å². The molecule has 5 heteroatoms. The lowest BCUT2D eigenvalue weighted by Crippen LogP contribution is -2.50. The van der Waals surface area contributed by atoms with Crippen LogP contribution in [0.5, 0.6) is 0 Å². The third kappa shape index (κ3) is 4.04. The third-order valence-electron chi connectivity index (χ3n) is 5.65. The van der Waals surface area contributed by atoms with E-state index in [1.807, 2.05) is 35.2 Å². The number of carbonyl (C=O) groups excluding carboxylic acids is 1. The van der Waals surface area contributed by atoms with Gasteiger partial charge in [0.15, 0.2) is 0 Å². The van der Waals surface area contributed by atoms with E-state index in [0.29, 0.717) is 5.69 Å². The zero-order chi connectivity index (χ0) is 19.5. The second kappa shape index (κ2) is 8.07. The van der Waals surface area contributed by atoms with Gasteiger partial charge in [-0.2, -0.15) is 0 Å². The van der Waals surface area contributed by atoms with Crippen LogP contribution in [0.4, 0.5) is 5.69 Å². The third-order valence-corrected chi connectivity index (χ3v) is 5.65. The Kier molecular flexibility index (Phi) is 5.35. The second-order valence-electron chi connectivity index (χ2n) is 7.66. The van der Waals surface area contributed by atoms with Crippen molar-refractivity contribution >= 4 is 22.5 Å². The molecule has 1 N–H and O–H groups in total. The molecule has 1 amide bonds. The lowest BCUT2D eigenvalue weighted by atomic mass is 10.2. The van der Waals surface area contributed by atoms with Crippen molar-refractivity contribution in [1.29, 1.82) is 0 Å². The highest BCUT2D eigenvalue weighted by Crippen LogP contribution is 2.17. The zero-order valence-corrected chi connectivity index (χ0v) is 16.7. The van der Waals surface area contributed by atoms with Gasteiger partial charge in [-0.3, -0.25) is 9.69 Å². The lowest BCUT2D eigenvalue weighted by molar-refractivity contribution is 0.0635. The van der Waals surface area contributed by atoms with Gasteiger partial charge in [0.2, 0.25) is 0 Å². The number of fused-ring (bicyclic) bond motifs is 1. The van der Waals surface area contributed by atoms with E-state index in [1.54, 1.807) is 0 Å². The quantitative estimate of drug-likeness (QED) is 0.742. The summed E-state index contributed by atoms with van der Waals surface area (Å²) in [7, 11) is 2.14. The number of nitrogens with one attached hydrogen (secondary N) is 1. The summed E-state index contributed by atoms with van der Waals surface area (Å²) in [6.45, 7) is 7.52. The molecule has 2 aromatic carbocycles. The van der Waals surface area contributed by atoms with E-state index in [-0.39, 0.29) is 5.91 Å². The van der Waals surface area contributed by atoms with Crippen LogP contribution in [-0.2, 0) is 0 Å². The van der Waals surface area contributed by atoms with Crippen molar-refractivity contribution in [3.8, 4) is 0 Å². The average Bonchev–Trinajstić information content (AvgIpc) is 3.16. The maximum Gasteiger partial charge on any atom is 0.270 e. The van der Waals surface area contributed by atoms with Gasteiger partial charge in [0.05, 0.1) is 0 Å². The zero-order valence-electron chi connectivity index (χ0n) is 16.7. The number of piperazine rings is 1. The van der Waals surface area contributed by atoms with Crippen LogP contribution < -0.4 is 4.90 Å². The molecule has 1 fully saturated rings. The van der Waals surface area contributed by atoms with Crippen molar-refractivity contribution in [1.82, 2.24) is 14.8 Å². The molecule has 4 rings (SSSR count). The number of carbonyl (C=O) groups is 1. The summed E-state index contributed by atoms with van der Waals surface area (Å²) in [5.74, 6) is 0.104. The van der Waals surface area contributed by atoms with E-state index in [4.69, 9.17) is 0 Å². The molecule has 1 aliphatic heterocycles. The molecule has 0 saturated carbocycles. The molecule has 0 atom stereocenters. The van der Waals surface area contributed by atoms with Gasteiger partial charge in [0.1, 0.15) is 5.69 Å². The molecule has 28 heavy (non-hydrogen) atoms. The van der Waals surface area contributed by atoms with Crippen LogP contribution in [0.1, 0.15) is 16.1 Å². The summed E-state index contributed by atoms with van der Waals surface area (Å²) in [5.41, 5.74) is 4.24. The highest BCUT2D eigenvalue weighted by atomic mass is 16.2. The lowest BCUT2D eigenvalue weighted by Gasteiger charge is -2.35. The van der Waals surface area contributed by atoms with Crippen LogP contribution in [-0.4, -0.2) is 67.0 Å². The van der Waals surface area contributed by atoms with Crippen molar-refractivity contribution in [2.24, 2.45) is 0 Å². The molecule has 146 valence electrons. The first kappa shape index (κ1) is 18.6. The van der Waals surface area contributed by atoms with Crippen LogP contribution in [0.2, 0.25) is 0 Å². The van der Waals surface area contributed by atoms with Crippen LogP contribution in [0.25, 0.3) is 10.9 Å². The largest absolute Gasteiger partial charge is 0.373 e. The number of rotatable bonds is 5. The number of amides is 1. The van der Waals surface area contributed by atoms with E-state index in [0.717, 1.165) is 50.2 Å². The van der Waals surface area contributed by atoms with Crippen LogP contribution in [0.15, 0.2) is 54.6 Å². The van der Waals surface area contributed by atoms with Crippen molar-refractivity contribution < 1.29 is 4.79 Å². The van der Waals surface area contributed by atoms with E-state index in [9.17, 15) is 4.79 Å². The number of aromatic amines is 1. The first-order valence-electron chi connectivity index (χ1n) is 9.97. The minimum Gasteiger partial charge on any atom is -0.373 e. The summed E-state index contributed by atoms with van der Waals surface area (Å²) in [4.78, 5) is 22.8.